The first-order valence-electron chi connectivity index (χ1n) is 5.30. The highest BCUT2D eigenvalue weighted by Crippen LogP contribution is 2.20. The van der Waals surface area contributed by atoms with Crippen molar-refractivity contribution in [3.63, 3.8) is 0 Å². The van der Waals surface area contributed by atoms with Crippen LogP contribution in [0, 0.1) is 5.92 Å². The maximum Gasteiger partial charge on any atom is 0.334 e. The second kappa shape index (κ2) is 5.53. The highest BCUT2D eigenvalue weighted by molar-refractivity contribution is 5.96. The molecule has 0 saturated carbocycles. The molecule has 1 unspecified atom stereocenters. The fourth-order valence-electron chi connectivity index (χ4n) is 1.64. The summed E-state index contributed by atoms with van der Waals surface area (Å²) in [4.78, 5) is 23.0. The Hall–Kier alpha value is -1.32. The van der Waals surface area contributed by atoms with Crippen LogP contribution in [0.15, 0.2) is 12.2 Å². The van der Waals surface area contributed by atoms with E-state index in [1.165, 1.54) is 0 Å². The molecule has 1 amide bonds. The molecule has 84 valence electrons. The number of ether oxygens (including phenoxy) is 1. The van der Waals surface area contributed by atoms with Crippen LogP contribution in [0.4, 0.5) is 0 Å². The minimum atomic E-state index is -0.459. The summed E-state index contributed by atoms with van der Waals surface area (Å²) in [5, 5.41) is 2.76. The van der Waals surface area contributed by atoms with Gasteiger partial charge in [0.1, 0.15) is 0 Å². The second-order valence-corrected chi connectivity index (χ2v) is 3.59. The fourth-order valence-corrected chi connectivity index (χ4v) is 1.64. The molecule has 0 bridgehead atoms. The number of esters is 1. The molecule has 4 nitrogen and oxygen atoms in total. The molecule has 0 radical (unpaired) electrons. The number of hydrogen-bond donors (Lipinski definition) is 1. The van der Waals surface area contributed by atoms with E-state index in [0.717, 1.165) is 12.8 Å². The first kappa shape index (κ1) is 11.8. The molecule has 1 saturated heterocycles. The van der Waals surface area contributed by atoms with Crippen molar-refractivity contribution in [2.24, 2.45) is 5.92 Å². The largest absolute Gasteiger partial charge is 0.463 e. The first-order chi connectivity index (χ1) is 7.16. The summed E-state index contributed by atoms with van der Waals surface area (Å²) >= 11 is 0. The number of carbonyl (C=O) groups excluding carboxylic acids is 2. The number of carbonyl (C=O) groups is 2. The quantitative estimate of drug-likeness (QED) is 0.560. The molecule has 1 fully saturated rings. The third kappa shape index (κ3) is 3.08. The summed E-state index contributed by atoms with van der Waals surface area (Å²) in [6, 6.07) is 0. The van der Waals surface area contributed by atoms with Crippen molar-refractivity contribution in [3.8, 4) is 0 Å². The topological polar surface area (TPSA) is 55.4 Å². The molecule has 4 heteroatoms. The normalized spacial score (nSPS) is 21.4. The Morgan fingerprint density at radius 1 is 1.60 bits per heavy atom. The van der Waals surface area contributed by atoms with Crippen molar-refractivity contribution in [1.29, 1.82) is 0 Å². The summed E-state index contributed by atoms with van der Waals surface area (Å²) in [6.45, 7) is 6.39. The van der Waals surface area contributed by atoms with E-state index in [1.807, 2.05) is 0 Å². The van der Waals surface area contributed by atoms with Crippen LogP contribution in [0.1, 0.15) is 26.2 Å². The van der Waals surface area contributed by atoms with E-state index in [2.05, 4.69) is 11.9 Å². The number of nitrogens with one attached hydrogen (secondary N) is 1. The molecule has 0 spiro atoms. The molecule has 0 aromatic rings. The molecule has 0 aromatic heterocycles. The minimum Gasteiger partial charge on any atom is -0.463 e. The van der Waals surface area contributed by atoms with Crippen molar-refractivity contribution in [1.82, 2.24) is 5.32 Å². The van der Waals surface area contributed by atoms with Crippen LogP contribution in [0.3, 0.4) is 0 Å². The van der Waals surface area contributed by atoms with E-state index in [0.29, 0.717) is 19.6 Å². The molecule has 1 heterocycles. The highest BCUT2D eigenvalue weighted by Gasteiger charge is 2.27. The molecule has 1 aliphatic rings. The smallest absolute Gasteiger partial charge is 0.334 e. The van der Waals surface area contributed by atoms with Gasteiger partial charge in [-0.1, -0.05) is 13.0 Å². The summed E-state index contributed by atoms with van der Waals surface area (Å²) < 4.78 is 4.83. The monoisotopic (exact) mass is 211 g/mol. The zero-order valence-electron chi connectivity index (χ0n) is 9.04. The zero-order chi connectivity index (χ0) is 11.3. The van der Waals surface area contributed by atoms with E-state index >= 15 is 0 Å². The van der Waals surface area contributed by atoms with Crippen LogP contribution < -0.4 is 5.32 Å². The summed E-state index contributed by atoms with van der Waals surface area (Å²) in [6.07, 6.45) is 2.57. The van der Waals surface area contributed by atoms with Crippen LogP contribution in [0.5, 0.6) is 0 Å². The highest BCUT2D eigenvalue weighted by atomic mass is 16.5. The van der Waals surface area contributed by atoms with Gasteiger partial charge in [0.25, 0.3) is 0 Å². The average molecular weight is 211 g/mol. The maximum absolute atomic E-state index is 11.6. The maximum atomic E-state index is 11.6. The Morgan fingerprint density at radius 2 is 2.33 bits per heavy atom. The Morgan fingerprint density at radius 3 is 3.00 bits per heavy atom. The van der Waals surface area contributed by atoms with Crippen molar-refractivity contribution in [2.45, 2.75) is 26.2 Å². The van der Waals surface area contributed by atoms with Gasteiger partial charge in [0, 0.05) is 12.1 Å². The summed E-state index contributed by atoms with van der Waals surface area (Å²) in [5.41, 5.74) is 0.274. The molecule has 1 atom stereocenters. The zero-order valence-corrected chi connectivity index (χ0v) is 9.04. The van der Waals surface area contributed by atoms with Gasteiger partial charge in [-0.2, -0.15) is 0 Å². The summed E-state index contributed by atoms with van der Waals surface area (Å²) in [7, 11) is 0. The van der Waals surface area contributed by atoms with Crippen LogP contribution in [0.2, 0.25) is 0 Å². The molecular weight excluding hydrogens is 194 g/mol. The molecule has 15 heavy (non-hydrogen) atoms. The molecule has 1 aliphatic heterocycles. The van der Waals surface area contributed by atoms with E-state index < -0.39 is 11.9 Å². The lowest BCUT2D eigenvalue weighted by atomic mass is 9.95. The predicted molar refractivity (Wildman–Crippen MR) is 56.1 cm³/mol. The van der Waals surface area contributed by atoms with Gasteiger partial charge >= 0.3 is 5.97 Å². The average Bonchev–Trinajstić information content (AvgIpc) is 2.42. The van der Waals surface area contributed by atoms with Gasteiger partial charge in [-0.3, -0.25) is 4.79 Å². The van der Waals surface area contributed by atoms with Gasteiger partial charge in [0.2, 0.25) is 5.91 Å². The lowest BCUT2D eigenvalue weighted by Gasteiger charge is -2.14. The standard InChI is InChI=1S/C11H17NO3/c1-3-15-11(14)8(2)9-6-4-5-7-12-10(9)13/h9H,2-7H2,1H3,(H,12,13). The van der Waals surface area contributed by atoms with Crippen molar-refractivity contribution >= 4 is 11.9 Å². The lowest BCUT2D eigenvalue weighted by molar-refractivity contribution is -0.140. The van der Waals surface area contributed by atoms with Gasteiger partial charge in [0.05, 0.1) is 12.5 Å². The third-order valence-corrected chi connectivity index (χ3v) is 2.49. The molecule has 0 aliphatic carbocycles. The second-order valence-electron chi connectivity index (χ2n) is 3.59. The van der Waals surface area contributed by atoms with Gasteiger partial charge in [-0.25, -0.2) is 4.79 Å². The Bertz CT molecular complexity index is 273. The Labute approximate surface area is 89.7 Å². The Balaban J connectivity index is 2.63. The van der Waals surface area contributed by atoms with E-state index in [-0.39, 0.29) is 11.5 Å². The van der Waals surface area contributed by atoms with Crippen molar-refractivity contribution in [3.05, 3.63) is 12.2 Å². The number of hydrogen-bond acceptors (Lipinski definition) is 3. The van der Waals surface area contributed by atoms with Crippen LogP contribution >= 0.6 is 0 Å². The molecule has 1 N–H and O–H groups in total. The first-order valence-corrected chi connectivity index (χ1v) is 5.30. The van der Waals surface area contributed by atoms with Crippen LogP contribution in [0.25, 0.3) is 0 Å². The number of rotatable bonds is 3. The minimum absolute atomic E-state index is 0.106. The third-order valence-electron chi connectivity index (χ3n) is 2.49. The van der Waals surface area contributed by atoms with E-state index in [1.54, 1.807) is 6.92 Å². The van der Waals surface area contributed by atoms with Gasteiger partial charge in [0.15, 0.2) is 0 Å². The van der Waals surface area contributed by atoms with Crippen LogP contribution in [-0.4, -0.2) is 25.0 Å². The lowest BCUT2D eigenvalue weighted by Crippen LogP contribution is -2.32. The SMILES string of the molecule is C=C(C(=O)OCC)C1CCCCNC1=O. The van der Waals surface area contributed by atoms with Crippen molar-refractivity contribution < 1.29 is 14.3 Å². The van der Waals surface area contributed by atoms with Crippen LogP contribution in [-0.2, 0) is 14.3 Å². The number of amides is 1. The van der Waals surface area contributed by atoms with E-state index in [4.69, 9.17) is 4.74 Å². The summed E-state index contributed by atoms with van der Waals surface area (Å²) in [5.74, 6) is -0.975. The van der Waals surface area contributed by atoms with E-state index in [9.17, 15) is 9.59 Å². The van der Waals surface area contributed by atoms with Gasteiger partial charge in [-0.05, 0) is 19.8 Å². The molecule has 1 rings (SSSR count). The van der Waals surface area contributed by atoms with Gasteiger partial charge in [-0.15, -0.1) is 0 Å². The molecular formula is C11H17NO3. The molecule has 0 aromatic carbocycles. The van der Waals surface area contributed by atoms with Gasteiger partial charge < -0.3 is 10.1 Å². The fraction of sp³-hybridized carbons (Fsp3) is 0.636. The predicted octanol–water partition coefficient (Wildman–Crippen LogP) is 1.02. The van der Waals surface area contributed by atoms with Crippen molar-refractivity contribution in [2.75, 3.05) is 13.2 Å². The Kier molecular flexibility index (Phi) is 4.34.